The molecule has 3 N–H and O–H groups in total. The summed E-state index contributed by atoms with van der Waals surface area (Å²) in [6.45, 7) is 9.30. The van der Waals surface area contributed by atoms with Gasteiger partial charge in [0.1, 0.15) is 11.4 Å². The molecule has 0 bridgehead atoms. The lowest BCUT2D eigenvalue weighted by Gasteiger charge is -2.23. The fraction of sp³-hybridized carbons (Fsp3) is 0.417. The van der Waals surface area contributed by atoms with E-state index in [1.54, 1.807) is 7.05 Å². The molecule has 0 aliphatic rings. The molecule has 31 heavy (non-hydrogen) atoms. The van der Waals surface area contributed by atoms with Crippen LogP contribution in [0.1, 0.15) is 51.7 Å². The number of nitrogens with one attached hydrogen (secondary N) is 3. The van der Waals surface area contributed by atoms with Crippen LogP contribution in [0, 0.1) is 0 Å². The molecule has 2 rings (SSSR count). The van der Waals surface area contributed by atoms with E-state index in [1.165, 1.54) is 0 Å². The third-order valence-electron chi connectivity index (χ3n) is 4.21. The molecule has 0 radical (unpaired) electrons. The van der Waals surface area contributed by atoms with Crippen molar-refractivity contribution in [3.05, 3.63) is 59.7 Å². The average Bonchev–Trinajstić information content (AvgIpc) is 2.68. The van der Waals surface area contributed by atoms with E-state index >= 15 is 0 Å². The predicted octanol–water partition coefficient (Wildman–Crippen LogP) is 5.09. The minimum absolute atomic E-state index is 0. The Morgan fingerprint density at radius 1 is 1.03 bits per heavy atom. The van der Waals surface area contributed by atoms with E-state index in [4.69, 9.17) is 4.74 Å². The number of hydrogen-bond donors (Lipinski definition) is 3. The van der Waals surface area contributed by atoms with Gasteiger partial charge in [0.05, 0.1) is 0 Å². The van der Waals surface area contributed by atoms with Crippen LogP contribution in [0.4, 0.5) is 5.69 Å². The van der Waals surface area contributed by atoms with Crippen molar-refractivity contribution < 1.29 is 9.53 Å². The zero-order valence-corrected chi connectivity index (χ0v) is 21.4. The van der Waals surface area contributed by atoms with Crippen LogP contribution in [-0.2, 0) is 17.9 Å². The Kier molecular flexibility index (Phi) is 11.4. The molecule has 0 aliphatic carbocycles. The predicted molar refractivity (Wildman–Crippen MR) is 139 cm³/mol. The van der Waals surface area contributed by atoms with Gasteiger partial charge in [-0.1, -0.05) is 37.3 Å². The van der Waals surface area contributed by atoms with Gasteiger partial charge < -0.3 is 20.7 Å². The molecule has 0 heterocycles. The number of rotatable bonds is 8. The van der Waals surface area contributed by atoms with E-state index in [0.29, 0.717) is 25.5 Å². The van der Waals surface area contributed by atoms with Gasteiger partial charge in [-0.05, 0) is 51.0 Å². The Balaban J connectivity index is 0.00000480. The van der Waals surface area contributed by atoms with Crippen molar-refractivity contribution in [1.29, 1.82) is 0 Å². The molecule has 2 aromatic rings. The van der Waals surface area contributed by atoms with Crippen molar-refractivity contribution in [1.82, 2.24) is 10.6 Å². The molecule has 0 aromatic heterocycles. The summed E-state index contributed by atoms with van der Waals surface area (Å²) in [5.41, 5.74) is 2.68. The number of carbonyl (C=O) groups is 1. The van der Waals surface area contributed by atoms with Crippen LogP contribution in [0.5, 0.6) is 5.75 Å². The number of carbonyl (C=O) groups excluding carboxylic acids is 1. The van der Waals surface area contributed by atoms with Crippen LogP contribution in [0.15, 0.2) is 53.5 Å². The molecule has 170 valence electrons. The molecular weight excluding hydrogens is 503 g/mol. The first-order valence-corrected chi connectivity index (χ1v) is 10.4. The fourth-order valence-electron chi connectivity index (χ4n) is 2.87. The minimum atomic E-state index is -0.256. The van der Waals surface area contributed by atoms with Crippen molar-refractivity contribution in [2.45, 2.75) is 59.2 Å². The molecule has 0 aliphatic heterocycles. The zero-order valence-electron chi connectivity index (χ0n) is 19.1. The molecule has 2 aromatic carbocycles. The largest absolute Gasteiger partial charge is 0.488 e. The van der Waals surface area contributed by atoms with Crippen LogP contribution < -0.4 is 20.7 Å². The summed E-state index contributed by atoms with van der Waals surface area (Å²) in [5.74, 6) is 1.60. The Morgan fingerprint density at radius 2 is 1.74 bits per heavy atom. The van der Waals surface area contributed by atoms with E-state index in [9.17, 15) is 4.79 Å². The van der Waals surface area contributed by atoms with Crippen LogP contribution in [-0.4, -0.2) is 24.5 Å². The van der Waals surface area contributed by atoms with Gasteiger partial charge in [-0.25, -0.2) is 0 Å². The summed E-state index contributed by atoms with van der Waals surface area (Å²) in [5, 5.41) is 9.58. The number of guanidine groups is 1. The molecule has 7 heteroatoms. The SMILES string of the molecule is CCCC(=O)Nc1cccc(CNC(=NC)NCc2ccccc2OC(C)(C)C)c1.I. The molecule has 0 unspecified atom stereocenters. The van der Waals surface area contributed by atoms with Gasteiger partial charge in [-0.3, -0.25) is 9.79 Å². The maximum Gasteiger partial charge on any atom is 0.224 e. The lowest BCUT2D eigenvalue weighted by atomic mass is 10.1. The Hall–Kier alpha value is -2.29. The lowest BCUT2D eigenvalue weighted by molar-refractivity contribution is -0.116. The summed E-state index contributed by atoms with van der Waals surface area (Å²) in [6, 6.07) is 15.8. The molecular formula is C24H35IN4O2. The topological polar surface area (TPSA) is 74.8 Å². The van der Waals surface area contributed by atoms with Crippen molar-refractivity contribution in [2.24, 2.45) is 4.99 Å². The first kappa shape index (κ1) is 26.7. The van der Waals surface area contributed by atoms with Gasteiger partial charge in [0.2, 0.25) is 5.91 Å². The summed E-state index contributed by atoms with van der Waals surface area (Å²) in [7, 11) is 1.74. The van der Waals surface area contributed by atoms with Gasteiger partial charge in [0.15, 0.2) is 5.96 Å². The van der Waals surface area contributed by atoms with E-state index in [1.807, 2.05) is 76.2 Å². The van der Waals surface area contributed by atoms with E-state index in [-0.39, 0.29) is 35.5 Å². The van der Waals surface area contributed by atoms with Crippen molar-refractivity contribution in [3.8, 4) is 5.75 Å². The molecule has 0 saturated heterocycles. The van der Waals surface area contributed by atoms with Gasteiger partial charge in [0.25, 0.3) is 0 Å². The van der Waals surface area contributed by atoms with Crippen molar-refractivity contribution in [3.63, 3.8) is 0 Å². The highest BCUT2D eigenvalue weighted by atomic mass is 127. The second kappa shape index (κ2) is 13.2. The van der Waals surface area contributed by atoms with E-state index in [0.717, 1.165) is 29.0 Å². The van der Waals surface area contributed by atoms with Crippen molar-refractivity contribution >= 4 is 41.5 Å². The molecule has 1 amide bonds. The van der Waals surface area contributed by atoms with E-state index in [2.05, 4.69) is 20.9 Å². The number of para-hydroxylation sites is 1. The van der Waals surface area contributed by atoms with Crippen LogP contribution in [0.3, 0.4) is 0 Å². The third kappa shape index (κ3) is 10.0. The lowest BCUT2D eigenvalue weighted by Crippen LogP contribution is -2.36. The third-order valence-corrected chi connectivity index (χ3v) is 4.21. The monoisotopic (exact) mass is 538 g/mol. The van der Waals surface area contributed by atoms with Gasteiger partial charge >= 0.3 is 0 Å². The molecule has 6 nitrogen and oxygen atoms in total. The summed E-state index contributed by atoms with van der Waals surface area (Å²) in [6.07, 6.45) is 1.36. The minimum Gasteiger partial charge on any atom is -0.488 e. The number of benzene rings is 2. The maximum atomic E-state index is 11.8. The number of ether oxygens (including phenoxy) is 1. The molecule has 0 spiro atoms. The fourth-order valence-corrected chi connectivity index (χ4v) is 2.87. The van der Waals surface area contributed by atoms with Crippen LogP contribution in [0.25, 0.3) is 0 Å². The number of nitrogens with zero attached hydrogens (tertiary/aromatic N) is 1. The quantitative estimate of drug-likeness (QED) is 0.249. The summed E-state index contributed by atoms with van der Waals surface area (Å²) < 4.78 is 6.06. The number of amides is 1. The number of hydrogen-bond acceptors (Lipinski definition) is 3. The van der Waals surface area contributed by atoms with Crippen LogP contribution >= 0.6 is 24.0 Å². The second-order valence-electron chi connectivity index (χ2n) is 8.10. The molecule has 0 atom stereocenters. The highest BCUT2D eigenvalue weighted by molar-refractivity contribution is 14.0. The first-order valence-electron chi connectivity index (χ1n) is 10.4. The highest BCUT2D eigenvalue weighted by Crippen LogP contribution is 2.22. The van der Waals surface area contributed by atoms with Crippen molar-refractivity contribution in [2.75, 3.05) is 12.4 Å². The Bertz CT molecular complexity index is 863. The Morgan fingerprint density at radius 3 is 2.42 bits per heavy atom. The normalized spacial score (nSPS) is 11.3. The summed E-state index contributed by atoms with van der Waals surface area (Å²) in [4.78, 5) is 16.1. The highest BCUT2D eigenvalue weighted by Gasteiger charge is 2.14. The average molecular weight is 538 g/mol. The van der Waals surface area contributed by atoms with Gasteiger partial charge in [-0.2, -0.15) is 0 Å². The van der Waals surface area contributed by atoms with Gasteiger partial charge in [-0.15, -0.1) is 24.0 Å². The van der Waals surface area contributed by atoms with E-state index < -0.39 is 0 Å². The number of aliphatic imine (C=N–C) groups is 1. The second-order valence-corrected chi connectivity index (χ2v) is 8.10. The standard InChI is InChI=1S/C24H34N4O2.HI/c1-6-10-22(29)28-20-13-9-11-18(15-20)16-26-23(25-5)27-17-19-12-7-8-14-21(19)30-24(2,3)4;/h7-9,11-15H,6,10,16-17H2,1-5H3,(H,28,29)(H2,25,26,27);1H. The van der Waals surface area contributed by atoms with Crippen LogP contribution in [0.2, 0.25) is 0 Å². The number of halogens is 1. The molecule has 0 fully saturated rings. The Labute approximate surface area is 203 Å². The summed E-state index contributed by atoms with van der Waals surface area (Å²) >= 11 is 0. The zero-order chi connectivity index (χ0) is 22.0. The maximum absolute atomic E-state index is 11.8. The number of anilines is 1. The first-order chi connectivity index (χ1) is 14.3. The van der Waals surface area contributed by atoms with Gasteiger partial charge in [0, 0.05) is 37.8 Å². The smallest absolute Gasteiger partial charge is 0.224 e. The molecule has 0 saturated carbocycles.